The molecule has 2 aromatic carbocycles. The minimum absolute atomic E-state index is 0.0156. The Hall–Kier alpha value is -3.22. The number of carbonyl (C=O) groups is 1. The third-order valence-corrected chi connectivity index (χ3v) is 4.31. The fourth-order valence-corrected chi connectivity index (χ4v) is 3.12. The van der Waals surface area contributed by atoms with Gasteiger partial charge in [-0.25, -0.2) is 0 Å². The predicted octanol–water partition coefficient (Wildman–Crippen LogP) is 2.53. The van der Waals surface area contributed by atoms with Gasteiger partial charge in [0.1, 0.15) is 6.54 Å². The van der Waals surface area contributed by atoms with E-state index in [1.54, 1.807) is 21.8 Å². The monoisotopic (exact) mass is 322 g/mol. The lowest BCUT2D eigenvalue weighted by Gasteiger charge is -2.17. The molecule has 120 valence electrons. The van der Waals surface area contributed by atoms with Crippen molar-refractivity contribution in [1.82, 2.24) is 9.78 Å². The number of carbonyl (C=O) groups excluding carboxylic acids is 1. The van der Waals surface area contributed by atoms with Crippen LogP contribution in [0.3, 0.4) is 0 Å². The first-order valence-electron chi connectivity index (χ1n) is 7.62. The Morgan fingerprint density at radius 3 is 2.92 bits per heavy atom. The van der Waals surface area contributed by atoms with E-state index >= 15 is 0 Å². The van der Waals surface area contributed by atoms with Crippen LogP contribution in [-0.4, -0.2) is 27.2 Å². The summed E-state index contributed by atoms with van der Waals surface area (Å²) < 4.78 is 1.59. The first-order valence-corrected chi connectivity index (χ1v) is 7.62. The molecule has 0 bridgehead atoms. The van der Waals surface area contributed by atoms with Crippen LogP contribution in [0.1, 0.15) is 5.56 Å². The number of non-ortho nitro benzene ring substituents is 1. The van der Waals surface area contributed by atoms with Gasteiger partial charge in [-0.2, -0.15) is 5.10 Å². The summed E-state index contributed by atoms with van der Waals surface area (Å²) >= 11 is 0. The summed E-state index contributed by atoms with van der Waals surface area (Å²) in [6.45, 7) is 0.776. The molecule has 1 aliphatic heterocycles. The number of nitro benzene ring substituents is 1. The van der Waals surface area contributed by atoms with Gasteiger partial charge in [-0.1, -0.05) is 18.2 Å². The van der Waals surface area contributed by atoms with E-state index in [9.17, 15) is 14.9 Å². The maximum atomic E-state index is 12.7. The van der Waals surface area contributed by atoms with Gasteiger partial charge in [0.25, 0.3) is 5.69 Å². The van der Waals surface area contributed by atoms with Crippen molar-refractivity contribution in [2.24, 2.45) is 0 Å². The largest absolute Gasteiger partial charge is 0.310 e. The smallest absolute Gasteiger partial charge is 0.270 e. The third-order valence-electron chi connectivity index (χ3n) is 4.31. The van der Waals surface area contributed by atoms with Gasteiger partial charge in [-0.3, -0.25) is 19.6 Å². The molecule has 0 atom stereocenters. The van der Waals surface area contributed by atoms with Crippen LogP contribution >= 0.6 is 0 Å². The number of benzene rings is 2. The average Bonchev–Trinajstić information content (AvgIpc) is 3.18. The van der Waals surface area contributed by atoms with Crippen molar-refractivity contribution >= 4 is 28.2 Å². The number of hydrogen-bond donors (Lipinski definition) is 0. The molecular weight excluding hydrogens is 308 g/mol. The molecule has 1 aliphatic rings. The molecule has 2 heterocycles. The number of aromatic nitrogens is 2. The number of fused-ring (bicyclic) bond motifs is 2. The van der Waals surface area contributed by atoms with Gasteiger partial charge in [0, 0.05) is 29.8 Å². The van der Waals surface area contributed by atoms with Crippen molar-refractivity contribution in [1.29, 1.82) is 0 Å². The normalized spacial score (nSPS) is 13.2. The average molecular weight is 322 g/mol. The lowest BCUT2D eigenvalue weighted by molar-refractivity contribution is -0.384. The summed E-state index contributed by atoms with van der Waals surface area (Å²) in [5.41, 5.74) is 2.85. The third kappa shape index (κ3) is 2.30. The number of nitro groups is 1. The van der Waals surface area contributed by atoms with Crippen LogP contribution in [0.4, 0.5) is 11.4 Å². The first-order chi connectivity index (χ1) is 11.6. The number of rotatable bonds is 3. The van der Waals surface area contributed by atoms with Gasteiger partial charge in [0.2, 0.25) is 5.91 Å². The maximum Gasteiger partial charge on any atom is 0.270 e. The topological polar surface area (TPSA) is 81.3 Å². The van der Waals surface area contributed by atoms with E-state index in [0.29, 0.717) is 17.4 Å². The van der Waals surface area contributed by atoms with Crippen molar-refractivity contribution in [3.8, 4) is 0 Å². The first kappa shape index (κ1) is 14.4. The van der Waals surface area contributed by atoms with Gasteiger partial charge in [0.15, 0.2) is 0 Å². The highest BCUT2D eigenvalue weighted by Crippen LogP contribution is 2.28. The molecule has 0 radical (unpaired) electrons. The van der Waals surface area contributed by atoms with E-state index in [0.717, 1.165) is 12.1 Å². The molecule has 0 N–H and O–H groups in total. The van der Waals surface area contributed by atoms with Gasteiger partial charge < -0.3 is 4.90 Å². The van der Waals surface area contributed by atoms with Crippen molar-refractivity contribution in [2.45, 2.75) is 13.0 Å². The Balaban J connectivity index is 1.61. The molecule has 0 fully saturated rings. The van der Waals surface area contributed by atoms with Crippen LogP contribution in [-0.2, 0) is 17.8 Å². The van der Waals surface area contributed by atoms with Gasteiger partial charge in [-0.05, 0) is 24.1 Å². The second-order valence-corrected chi connectivity index (χ2v) is 5.73. The fraction of sp³-hybridized carbons (Fsp3) is 0.176. The number of para-hydroxylation sites is 1. The fourth-order valence-electron chi connectivity index (χ4n) is 3.12. The number of hydrogen-bond acceptors (Lipinski definition) is 4. The van der Waals surface area contributed by atoms with Crippen LogP contribution in [0.5, 0.6) is 0 Å². The quantitative estimate of drug-likeness (QED) is 0.548. The van der Waals surface area contributed by atoms with E-state index < -0.39 is 4.92 Å². The molecule has 0 spiro atoms. The molecule has 24 heavy (non-hydrogen) atoms. The zero-order valence-corrected chi connectivity index (χ0v) is 12.8. The van der Waals surface area contributed by atoms with E-state index in [1.165, 1.54) is 17.7 Å². The van der Waals surface area contributed by atoms with Crippen molar-refractivity contribution < 1.29 is 9.72 Å². The second kappa shape index (κ2) is 5.45. The summed E-state index contributed by atoms with van der Waals surface area (Å²) in [5, 5.41) is 15.7. The maximum absolute atomic E-state index is 12.7. The molecule has 0 saturated heterocycles. The molecular formula is C17H14N4O3. The van der Waals surface area contributed by atoms with Gasteiger partial charge in [-0.15, -0.1) is 0 Å². The summed E-state index contributed by atoms with van der Waals surface area (Å²) in [7, 11) is 0. The minimum atomic E-state index is -0.441. The molecule has 0 unspecified atom stereocenters. The molecule has 4 rings (SSSR count). The minimum Gasteiger partial charge on any atom is -0.310 e. The van der Waals surface area contributed by atoms with Crippen LogP contribution in [0, 0.1) is 10.1 Å². The second-order valence-electron chi connectivity index (χ2n) is 5.73. The zero-order valence-electron chi connectivity index (χ0n) is 12.8. The number of anilines is 1. The van der Waals surface area contributed by atoms with Crippen molar-refractivity contribution in [2.75, 3.05) is 11.4 Å². The summed E-state index contributed by atoms with van der Waals surface area (Å²) in [6.07, 6.45) is 2.40. The van der Waals surface area contributed by atoms with E-state index in [2.05, 4.69) is 5.10 Å². The highest BCUT2D eigenvalue weighted by Gasteiger charge is 2.24. The standard InChI is InChI=1S/C17H14N4O3/c22-17(19-8-7-12-3-1-2-4-15(12)19)11-20-16-6-5-14(21(23)24)9-13(16)10-18-20/h1-6,9-10H,7-8,11H2. The molecule has 7 heteroatoms. The predicted molar refractivity (Wildman–Crippen MR) is 88.9 cm³/mol. The SMILES string of the molecule is O=C(Cn1ncc2cc([N+](=O)[O-])ccc21)N1CCc2ccccc21. The molecule has 1 amide bonds. The van der Waals surface area contributed by atoms with Crippen molar-refractivity contribution in [3.63, 3.8) is 0 Å². The number of nitrogens with zero attached hydrogens (tertiary/aromatic N) is 4. The molecule has 0 saturated carbocycles. The molecule has 7 nitrogen and oxygen atoms in total. The number of amides is 1. The van der Waals surface area contributed by atoms with Crippen LogP contribution in [0.25, 0.3) is 10.9 Å². The van der Waals surface area contributed by atoms with E-state index in [-0.39, 0.29) is 18.1 Å². The molecule has 0 aliphatic carbocycles. The molecule has 1 aromatic heterocycles. The summed E-state index contributed by atoms with van der Waals surface area (Å²) in [6, 6.07) is 12.4. The Kier molecular flexibility index (Phi) is 3.26. The lowest BCUT2D eigenvalue weighted by atomic mass is 10.2. The van der Waals surface area contributed by atoms with Crippen LogP contribution in [0.2, 0.25) is 0 Å². The summed E-state index contributed by atoms with van der Waals surface area (Å²) in [5.74, 6) is -0.0386. The highest BCUT2D eigenvalue weighted by molar-refractivity contribution is 5.96. The zero-order chi connectivity index (χ0) is 16.7. The Bertz CT molecular complexity index is 963. The molecule has 3 aromatic rings. The van der Waals surface area contributed by atoms with Gasteiger partial charge >= 0.3 is 0 Å². The van der Waals surface area contributed by atoms with Crippen LogP contribution in [0.15, 0.2) is 48.7 Å². The highest BCUT2D eigenvalue weighted by atomic mass is 16.6. The van der Waals surface area contributed by atoms with E-state index in [1.807, 2.05) is 24.3 Å². The van der Waals surface area contributed by atoms with Crippen LogP contribution < -0.4 is 4.90 Å². The Morgan fingerprint density at radius 1 is 1.25 bits per heavy atom. The lowest BCUT2D eigenvalue weighted by Crippen LogP contribution is -2.32. The van der Waals surface area contributed by atoms with Crippen molar-refractivity contribution in [3.05, 3.63) is 64.3 Å². The summed E-state index contributed by atoms with van der Waals surface area (Å²) in [4.78, 5) is 24.8. The Labute approximate surface area is 137 Å². The van der Waals surface area contributed by atoms with E-state index in [4.69, 9.17) is 0 Å². The van der Waals surface area contributed by atoms with Gasteiger partial charge in [0.05, 0.1) is 16.6 Å². The Morgan fingerprint density at radius 2 is 2.08 bits per heavy atom.